The van der Waals surface area contributed by atoms with Crippen LogP contribution in [0, 0.1) is 0 Å². The van der Waals surface area contributed by atoms with Gasteiger partial charge in [0.1, 0.15) is 11.5 Å². The van der Waals surface area contributed by atoms with Crippen molar-refractivity contribution in [2.75, 3.05) is 0 Å². The zero-order valence-corrected chi connectivity index (χ0v) is 15.7. The van der Waals surface area contributed by atoms with Crippen LogP contribution >= 0.6 is 7.82 Å². The van der Waals surface area contributed by atoms with E-state index in [1.165, 1.54) is 12.1 Å². The molecule has 0 spiro atoms. The highest BCUT2D eigenvalue weighted by Crippen LogP contribution is 2.39. The van der Waals surface area contributed by atoms with Crippen molar-refractivity contribution >= 4 is 13.8 Å². The van der Waals surface area contributed by atoms with Gasteiger partial charge in [-0.2, -0.15) is 0 Å². The van der Waals surface area contributed by atoms with Crippen LogP contribution in [-0.4, -0.2) is 15.8 Å². The highest BCUT2D eigenvalue weighted by Gasteiger charge is 2.24. The molecular formula is C19H21O6P. The highest BCUT2D eigenvalue weighted by atomic mass is 31.2. The molecule has 0 saturated carbocycles. The Kier molecular flexibility index (Phi) is 5.71. The van der Waals surface area contributed by atoms with Crippen molar-refractivity contribution in [1.29, 1.82) is 0 Å². The molecule has 0 unspecified atom stereocenters. The second-order valence-corrected chi connectivity index (χ2v) is 7.59. The maximum Gasteiger partial charge on any atom is 0.524 e. The van der Waals surface area contributed by atoms with Gasteiger partial charge in [-0.15, -0.1) is 0 Å². The van der Waals surface area contributed by atoms with Gasteiger partial charge >= 0.3 is 13.8 Å². The van der Waals surface area contributed by atoms with Crippen LogP contribution < -0.4 is 9.26 Å². The van der Waals surface area contributed by atoms with Crippen LogP contribution in [0.15, 0.2) is 60.7 Å². The number of carbonyl (C=O) groups is 1. The quantitative estimate of drug-likeness (QED) is 0.343. The van der Waals surface area contributed by atoms with Gasteiger partial charge in [0.05, 0.1) is 0 Å². The molecule has 26 heavy (non-hydrogen) atoms. The minimum Gasteiger partial charge on any atom is -0.423 e. The van der Waals surface area contributed by atoms with Crippen LogP contribution in [0.2, 0.25) is 0 Å². The van der Waals surface area contributed by atoms with Gasteiger partial charge in [0, 0.05) is 11.0 Å². The van der Waals surface area contributed by atoms with Gasteiger partial charge in [-0.05, 0) is 42.3 Å². The first-order valence-corrected chi connectivity index (χ1v) is 9.36. The lowest BCUT2D eigenvalue weighted by Crippen LogP contribution is -2.18. The Bertz CT molecular complexity index is 847. The molecule has 0 radical (unpaired) electrons. The highest BCUT2D eigenvalue weighted by molar-refractivity contribution is 7.46. The van der Waals surface area contributed by atoms with Crippen LogP contribution in [0.4, 0.5) is 0 Å². The molecule has 2 aromatic rings. The van der Waals surface area contributed by atoms with Crippen molar-refractivity contribution < 1.29 is 28.4 Å². The minimum absolute atomic E-state index is 0.0972. The summed E-state index contributed by atoms with van der Waals surface area (Å²) in [5, 5.41) is 0. The summed E-state index contributed by atoms with van der Waals surface area (Å²) >= 11 is 0. The summed E-state index contributed by atoms with van der Waals surface area (Å²) in [6, 6.07) is 13.7. The summed E-state index contributed by atoms with van der Waals surface area (Å²) < 4.78 is 20.6. The average molecular weight is 376 g/mol. The van der Waals surface area contributed by atoms with Crippen LogP contribution in [0.1, 0.15) is 31.9 Å². The molecule has 0 aromatic heterocycles. The van der Waals surface area contributed by atoms with E-state index in [-0.39, 0.29) is 11.2 Å². The minimum atomic E-state index is -4.57. The van der Waals surface area contributed by atoms with Crippen molar-refractivity contribution in [3.63, 3.8) is 0 Å². The molecule has 0 aliphatic rings. The van der Waals surface area contributed by atoms with Crippen LogP contribution in [0.3, 0.4) is 0 Å². The Hall–Kier alpha value is -2.40. The second-order valence-electron chi connectivity index (χ2n) is 6.43. The zero-order chi connectivity index (χ0) is 19.5. The third-order valence-electron chi connectivity index (χ3n) is 3.94. The average Bonchev–Trinajstić information content (AvgIpc) is 2.54. The Morgan fingerprint density at radius 2 is 1.38 bits per heavy atom. The fourth-order valence-electron chi connectivity index (χ4n) is 2.37. The zero-order valence-electron chi connectivity index (χ0n) is 14.8. The van der Waals surface area contributed by atoms with Crippen molar-refractivity contribution in [3.05, 3.63) is 71.8 Å². The molecule has 138 valence electrons. The summed E-state index contributed by atoms with van der Waals surface area (Å²) in [5.41, 5.74) is 1.86. The summed E-state index contributed by atoms with van der Waals surface area (Å²) in [4.78, 5) is 29.3. The Labute approximate surface area is 152 Å². The van der Waals surface area contributed by atoms with Gasteiger partial charge in [-0.25, -0.2) is 9.36 Å². The Balaban J connectivity index is 2.20. The molecule has 2 aromatic carbocycles. The van der Waals surface area contributed by atoms with Gasteiger partial charge in [0.25, 0.3) is 0 Å². The van der Waals surface area contributed by atoms with Crippen molar-refractivity contribution in [3.8, 4) is 11.5 Å². The third kappa shape index (κ3) is 5.05. The van der Waals surface area contributed by atoms with Crippen molar-refractivity contribution in [1.82, 2.24) is 0 Å². The molecule has 0 aliphatic heterocycles. The predicted molar refractivity (Wildman–Crippen MR) is 98.1 cm³/mol. The Morgan fingerprint density at radius 1 is 0.962 bits per heavy atom. The number of esters is 1. The van der Waals surface area contributed by atoms with E-state index in [1.54, 1.807) is 31.2 Å². The first-order valence-electron chi connectivity index (χ1n) is 7.83. The topological polar surface area (TPSA) is 93.1 Å². The van der Waals surface area contributed by atoms with E-state index < -0.39 is 13.8 Å². The standard InChI is InChI=1S/C19H21O6P/c1-13(2)18(20)24-16-9-5-14(6-10-16)19(3,4)15-7-11-17(12-8-15)25-26(21,22)23/h5-12H,1H2,2-4H3,(H2,21,22,23). The monoisotopic (exact) mass is 376 g/mol. The van der Waals surface area contributed by atoms with E-state index in [2.05, 4.69) is 11.1 Å². The van der Waals surface area contributed by atoms with E-state index >= 15 is 0 Å². The fourth-order valence-corrected chi connectivity index (χ4v) is 2.77. The van der Waals surface area contributed by atoms with Crippen molar-refractivity contribution in [2.45, 2.75) is 26.2 Å². The van der Waals surface area contributed by atoms with E-state index in [0.29, 0.717) is 11.3 Å². The number of hydrogen-bond donors (Lipinski definition) is 2. The van der Waals surface area contributed by atoms with Crippen LogP contribution in [0.25, 0.3) is 0 Å². The molecule has 6 nitrogen and oxygen atoms in total. The normalized spacial score (nSPS) is 11.7. The fraction of sp³-hybridized carbons (Fsp3) is 0.211. The SMILES string of the molecule is C=C(C)C(=O)Oc1ccc(C(C)(C)c2ccc(OP(=O)(O)O)cc2)cc1. The van der Waals surface area contributed by atoms with Crippen LogP contribution in [0.5, 0.6) is 11.5 Å². The summed E-state index contributed by atoms with van der Waals surface area (Å²) in [7, 11) is -4.57. The molecule has 0 saturated heterocycles. The summed E-state index contributed by atoms with van der Waals surface area (Å²) in [6.45, 7) is 9.16. The number of rotatable bonds is 6. The summed E-state index contributed by atoms with van der Waals surface area (Å²) in [5.74, 6) is 0.0561. The molecule has 2 rings (SSSR count). The third-order valence-corrected chi connectivity index (χ3v) is 4.38. The lowest BCUT2D eigenvalue weighted by molar-refractivity contribution is -0.130. The number of phosphoric ester groups is 1. The molecule has 0 aliphatic carbocycles. The molecule has 0 heterocycles. The van der Waals surface area contributed by atoms with Crippen molar-refractivity contribution in [2.24, 2.45) is 0 Å². The number of ether oxygens (including phenoxy) is 1. The van der Waals surface area contributed by atoms with Gasteiger partial charge in [0.15, 0.2) is 0 Å². The molecule has 0 fully saturated rings. The maximum atomic E-state index is 11.6. The molecule has 0 amide bonds. The second kappa shape index (κ2) is 7.46. The van der Waals surface area contributed by atoms with E-state index in [1.807, 2.05) is 26.0 Å². The van der Waals surface area contributed by atoms with Gasteiger partial charge in [0.2, 0.25) is 0 Å². The largest absolute Gasteiger partial charge is 0.524 e. The molecule has 0 bridgehead atoms. The molecule has 7 heteroatoms. The first kappa shape index (κ1) is 19.9. The number of hydrogen-bond acceptors (Lipinski definition) is 4. The number of phosphoric acid groups is 1. The van der Waals surface area contributed by atoms with E-state index in [0.717, 1.165) is 11.1 Å². The smallest absolute Gasteiger partial charge is 0.423 e. The molecule has 0 atom stereocenters. The maximum absolute atomic E-state index is 11.6. The van der Waals surface area contributed by atoms with E-state index in [9.17, 15) is 9.36 Å². The predicted octanol–water partition coefficient (Wildman–Crippen LogP) is 3.97. The first-order chi connectivity index (χ1) is 12.0. The van der Waals surface area contributed by atoms with Gasteiger partial charge in [-0.1, -0.05) is 44.7 Å². The lowest BCUT2D eigenvalue weighted by Gasteiger charge is -2.26. The lowest BCUT2D eigenvalue weighted by atomic mass is 9.78. The molecular weight excluding hydrogens is 355 g/mol. The van der Waals surface area contributed by atoms with Crippen LogP contribution in [-0.2, 0) is 14.8 Å². The van der Waals surface area contributed by atoms with E-state index in [4.69, 9.17) is 14.5 Å². The van der Waals surface area contributed by atoms with Gasteiger partial charge < -0.3 is 9.26 Å². The summed E-state index contributed by atoms with van der Waals surface area (Å²) in [6.07, 6.45) is 0. The van der Waals surface area contributed by atoms with Gasteiger partial charge in [-0.3, -0.25) is 9.79 Å². The molecule has 2 N–H and O–H groups in total. The number of benzene rings is 2. The number of carbonyl (C=O) groups excluding carboxylic acids is 1. The Morgan fingerprint density at radius 3 is 1.77 bits per heavy atom.